The van der Waals surface area contributed by atoms with Crippen LogP contribution in [-0.2, 0) is 15.8 Å². The van der Waals surface area contributed by atoms with E-state index in [1.54, 1.807) is 0 Å². The molecule has 7 heteroatoms. The van der Waals surface area contributed by atoms with Gasteiger partial charge >= 0.3 is 12.1 Å². The molecular formula is C16H16F3NO3. The number of carboxylic acid groups (broad SMARTS) is 1. The zero-order valence-electron chi connectivity index (χ0n) is 12.2. The van der Waals surface area contributed by atoms with E-state index in [1.807, 2.05) is 0 Å². The second-order valence-corrected chi connectivity index (χ2v) is 6.10. The lowest BCUT2D eigenvalue weighted by atomic mass is 10.1. The predicted molar refractivity (Wildman–Crippen MR) is 74.7 cm³/mol. The van der Waals surface area contributed by atoms with Crippen LogP contribution >= 0.6 is 0 Å². The van der Waals surface area contributed by atoms with Crippen LogP contribution in [-0.4, -0.2) is 34.5 Å². The van der Waals surface area contributed by atoms with Gasteiger partial charge < -0.3 is 10.0 Å². The third-order valence-electron chi connectivity index (χ3n) is 4.59. The van der Waals surface area contributed by atoms with Gasteiger partial charge in [0.2, 0.25) is 5.91 Å². The predicted octanol–water partition coefficient (Wildman–Crippen LogP) is 2.88. The van der Waals surface area contributed by atoms with Gasteiger partial charge in [0.25, 0.3) is 0 Å². The van der Waals surface area contributed by atoms with E-state index in [0.717, 1.165) is 12.1 Å². The largest absolute Gasteiger partial charge is 0.480 e. The van der Waals surface area contributed by atoms with E-state index in [9.17, 15) is 22.8 Å². The number of amides is 1. The molecule has 1 aromatic carbocycles. The van der Waals surface area contributed by atoms with Gasteiger partial charge in [-0.25, -0.2) is 4.79 Å². The van der Waals surface area contributed by atoms with E-state index >= 15 is 0 Å². The first-order valence-electron chi connectivity index (χ1n) is 7.49. The monoisotopic (exact) mass is 327 g/mol. The molecule has 124 valence electrons. The Hall–Kier alpha value is -2.05. The number of benzene rings is 1. The highest BCUT2D eigenvalue weighted by atomic mass is 19.4. The number of aliphatic carboxylic acids is 1. The molecule has 3 rings (SSSR count). The number of alkyl halides is 3. The first-order chi connectivity index (χ1) is 10.8. The number of hydrogen-bond donors (Lipinski definition) is 1. The van der Waals surface area contributed by atoms with E-state index in [2.05, 4.69) is 0 Å². The Morgan fingerprint density at radius 3 is 2.39 bits per heavy atom. The van der Waals surface area contributed by atoms with Gasteiger partial charge in [-0.15, -0.1) is 0 Å². The summed E-state index contributed by atoms with van der Waals surface area (Å²) in [6.07, 6.45) is -2.69. The first-order valence-corrected chi connectivity index (χ1v) is 7.49. The molecule has 3 atom stereocenters. The molecule has 23 heavy (non-hydrogen) atoms. The van der Waals surface area contributed by atoms with E-state index < -0.39 is 23.8 Å². The van der Waals surface area contributed by atoms with Crippen molar-refractivity contribution in [3.05, 3.63) is 35.4 Å². The van der Waals surface area contributed by atoms with Gasteiger partial charge in [-0.3, -0.25) is 4.79 Å². The highest BCUT2D eigenvalue weighted by Crippen LogP contribution is 2.49. The van der Waals surface area contributed by atoms with Gasteiger partial charge in [0.15, 0.2) is 0 Å². The minimum Gasteiger partial charge on any atom is -0.480 e. The normalized spacial score (nSPS) is 27.1. The molecular weight excluding hydrogens is 311 g/mol. The third-order valence-corrected chi connectivity index (χ3v) is 4.59. The van der Waals surface area contributed by atoms with E-state index in [4.69, 9.17) is 5.11 Å². The number of halogens is 3. The van der Waals surface area contributed by atoms with Gasteiger partial charge in [0.1, 0.15) is 6.04 Å². The average Bonchev–Trinajstić information content (AvgIpc) is 3.13. The van der Waals surface area contributed by atoms with Crippen molar-refractivity contribution < 1.29 is 27.9 Å². The Kier molecular flexibility index (Phi) is 3.82. The number of hydrogen-bond acceptors (Lipinski definition) is 2. The molecule has 1 amide bonds. The van der Waals surface area contributed by atoms with Crippen molar-refractivity contribution in [3.63, 3.8) is 0 Å². The summed E-state index contributed by atoms with van der Waals surface area (Å²) >= 11 is 0. The SMILES string of the molecule is O=C(O)[C@H]1CCCN1C(=O)[C@H]1C[C@H]1c1ccc(C(F)(F)F)cc1. The van der Waals surface area contributed by atoms with Crippen molar-refractivity contribution in [2.45, 2.75) is 37.4 Å². The maximum atomic E-state index is 12.5. The van der Waals surface area contributed by atoms with Gasteiger partial charge in [-0.1, -0.05) is 12.1 Å². The fourth-order valence-electron chi connectivity index (χ4n) is 3.26. The summed E-state index contributed by atoms with van der Waals surface area (Å²) in [5.41, 5.74) is -0.0160. The number of carbonyl (C=O) groups is 2. The molecule has 1 heterocycles. The lowest BCUT2D eigenvalue weighted by Gasteiger charge is -2.21. The second kappa shape index (κ2) is 5.54. The highest BCUT2D eigenvalue weighted by Gasteiger charge is 2.48. The van der Waals surface area contributed by atoms with Crippen molar-refractivity contribution >= 4 is 11.9 Å². The maximum absolute atomic E-state index is 12.5. The quantitative estimate of drug-likeness (QED) is 0.929. The van der Waals surface area contributed by atoms with Crippen LogP contribution in [0.4, 0.5) is 13.2 Å². The number of likely N-dealkylation sites (tertiary alicyclic amines) is 1. The zero-order valence-corrected chi connectivity index (χ0v) is 12.2. The Balaban J connectivity index is 1.67. The summed E-state index contributed by atoms with van der Waals surface area (Å²) in [7, 11) is 0. The molecule has 1 aromatic rings. The molecule has 1 saturated heterocycles. The van der Waals surface area contributed by atoms with Crippen LogP contribution in [0.3, 0.4) is 0 Å². The van der Waals surface area contributed by atoms with E-state index in [1.165, 1.54) is 17.0 Å². The molecule has 2 aliphatic rings. The Bertz CT molecular complexity index is 626. The molecule has 0 unspecified atom stereocenters. The molecule has 1 aliphatic heterocycles. The van der Waals surface area contributed by atoms with Gasteiger partial charge in [0, 0.05) is 12.5 Å². The second-order valence-electron chi connectivity index (χ2n) is 6.10. The molecule has 0 aromatic heterocycles. The summed E-state index contributed by atoms with van der Waals surface area (Å²) in [6, 6.07) is 4.08. The number of carbonyl (C=O) groups excluding carboxylic acids is 1. The Morgan fingerprint density at radius 1 is 1.17 bits per heavy atom. The van der Waals surface area contributed by atoms with Crippen LogP contribution in [0.2, 0.25) is 0 Å². The highest BCUT2D eigenvalue weighted by molar-refractivity contribution is 5.88. The molecule has 2 fully saturated rings. The van der Waals surface area contributed by atoms with E-state index in [-0.39, 0.29) is 17.7 Å². The van der Waals surface area contributed by atoms with Crippen molar-refractivity contribution in [1.29, 1.82) is 0 Å². The first kappa shape index (κ1) is 15.8. The van der Waals surface area contributed by atoms with Crippen LogP contribution in [0.5, 0.6) is 0 Å². The summed E-state index contributed by atoms with van der Waals surface area (Å²) in [5, 5.41) is 9.12. The molecule has 0 spiro atoms. The van der Waals surface area contributed by atoms with Gasteiger partial charge in [-0.2, -0.15) is 13.2 Å². The average molecular weight is 327 g/mol. The minimum absolute atomic E-state index is 0.111. The fraction of sp³-hybridized carbons (Fsp3) is 0.500. The van der Waals surface area contributed by atoms with Crippen LogP contribution in [0.25, 0.3) is 0 Å². The lowest BCUT2D eigenvalue weighted by Crippen LogP contribution is -2.41. The Labute approximate surface area is 130 Å². The molecule has 4 nitrogen and oxygen atoms in total. The Morgan fingerprint density at radius 2 is 1.83 bits per heavy atom. The zero-order chi connectivity index (χ0) is 16.8. The topological polar surface area (TPSA) is 57.6 Å². The van der Waals surface area contributed by atoms with Crippen LogP contribution < -0.4 is 0 Å². The number of carboxylic acids is 1. The molecule has 1 saturated carbocycles. The van der Waals surface area contributed by atoms with Crippen LogP contribution in [0.15, 0.2) is 24.3 Å². The van der Waals surface area contributed by atoms with E-state index in [0.29, 0.717) is 31.4 Å². The summed E-state index contributed by atoms with van der Waals surface area (Å²) in [4.78, 5) is 25.0. The lowest BCUT2D eigenvalue weighted by molar-refractivity contribution is -0.148. The smallest absolute Gasteiger partial charge is 0.416 e. The number of nitrogens with zero attached hydrogens (tertiary/aromatic N) is 1. The van der Waals surface area contributed by atoms with Gasteiger partial charge in [0.05, 0.1) is 5.56 Å². The minimum atomic E-state index is -4.37. The van der Waals surface area contributed by atoms with Crippen LogP contribution in [0.1, 0.15) is 36.3 Å². The summed E-state index contributed by atoms with van der Waals surface area (Å²) < 4.78 is 37.6. The fourth-order valence-corrected chi connectivity index (χ4v) is 3.26. The van der Waals surface area contributed by atoms with Crippen molar-refractivity contribution in [2.75, 3.05) is 6.54 Å². The van der Waals surface area contributed by atoms with Crippen molar-refractivity contribution in [1.82, 2.24) is 4.90 Å². The molecule has 0 bridgehead atoms. The summed E-state index contributed by atoms with van der Waals surface area (Å²) in [5.74, 6) is -1.62. The number of rotatable bonds is 3. The summed E-state index contributed by atoms with van der Waals surface area (Å²) in [6.45, 7) is 0.437. The molecule has 0 radical (unpaired) electrons. The van der Waals surface area contributed by atoms with Crippen molar-refractivity contribution in [3.8, 4) is 0 Å². The molecule has 1 aliphatic carbocycles. The van der Waals surface area contributed by atoms with Crippen LogP contribution in [0, 0.1) is 5.92 Å². The molecule has 1 N–H and O–H groups in total. The standard InChI is InChI=1S/C16H16F3NO3/c17-16(18,19)10-5-3-9(4-6-10)11-8-12(11)14(21)20-7-1-2-13(20)15(22)23/h3-6,11-13H,1-2,7-8H2,(H,22,23)/t11-,12-,13+/m0/s1. The third kappa shape index (κ3) is 3.04. The van der Waals surface area contributed by atoms with Crippen molar-refractivity contribution in [2.24, 2.45) is 5.92 Å². The van der Waals surface area contributed by atoms with Gasteiger partial charge in [-0.05, 0) is 42.9 Å². The maximum Gasteiger partial charge on any atom is 0.416 e.